The monoisotopic (exact) mass is 604 g/mol. The van der Waals surface area contributed by atoms with Gasteiger partial charge in [0.05, 0.1) is 32.2 Å². The number of carbonyl (C=O) groups is 2. The highest BCUT2D eigenvalue weighted by atomic mass is 31.2. The number of hydrogen-bond donors (Lipinski definition) is 1. The van der Waals surface area contributed by atoms with E-state index in [9.17, 15) is 23.7 Å². The number of H-pyrrole nitrogens is 1. The second-order valence-corrected chi connectivity index (χ2v) is 12.7. The van der Waals surface area contributed by atoms with Gasteiger partial charge in [-0.1, -0.05) is 19.8 Å². The zero-order valence-electron chi connectivity index (χ0n) is 24.2. The van der Waals surface area contributed by atoms with Gasteiger partial charge in [0, 0.05) is 11.8 Å². The number of rotatable bonds is 13. The van der Waals surface area contributed by atoms with Gasteiger partial charge in [-0.3, -0.25) is 28.5 Å². The minimum absolute atomic E-state index is 0.116. The van der Waals surface area contributed by atoms with Gasteiger partial charge in [-0.15, -0.1) is 0 Å². The van der Waals surface area contributed by atoms with E-state index in [1.54, 1.807) is 20.8 Å². The summed E-state index contributed by atoms with van der Waals surface area (Å²) in [6.07, 6.45) is -0.206. The molecule has 0 aromatic carbocycles. The van der Waals surface area contributed by atoms with Crippen molar-refractivity contribution in [2.24, 2.45) is 5.92 Å². The molecule has 0 unspecified atom stereocenters. The molecule has 12 nitrogen and oxygen atoms in total. The molecule has 1 aromatic heterocycles. The van der Waals surface area contributed by atoms with Crippen LogP contribution in [0.15, 0.2) is 15.8 Å². The smallest absolute Gasteiger partial charge is 0.331 e. The third-order valence-electron chi connectivity index (χ3n) is 7.25. The molecule has 1 aromatic rings. The molecule has 41 heavy (non-hydrogen) atoms. The normalized spacial score (nSPS) is 24.5. The number of aromatic amines is 1. The molecular formula is C27H42FN2O10P. The fourth-order valence-corrected chi connectivity index (χ4v) is 7.24. The summed E-state index contributed by atoms with van der Waals surface area (Å²) in [4.78, 5) is 51.6. The molecule has 1 saturated heterocycles. The first-order chi connectivity index (χ1) is 19.5. The van der Waals surface area contributed by atoms with Crippen LogP contribution in [-0.2, 0) is 37.4 Å². The highest BCUT2D eigenvalue weighted by molar-refractivity contribution is 7.53. The van der Waals surface area contributed by atoms with E-state index in [2.05, 4.69) is 4.98 Å². The van der Waals surface area contributed by atoms with Crippen molar-refractivity contribution in [2.45, 2.75) is 110 Å². The van der Waals surface area contributed by atoms with E-state index in [1.807, 2.05) is 0 Å². The molecule has 0 spiro atoms. The van der Waals surface area contributed by atoms with Crippen molar-refractivity contribution >= 4 is 19.5 Å². The molecule has 14 heteroatoms. The Kier molecular flexibility index (Phi) is 12.3. The number of alkyl halides is 1. The number of halogens is 1. The van der Waals surface area contributed by atoms with Crippen molar-refractivity contribution in [2.75, 3.05) is 19.4 Å². The molecular weight excluding hydrogens is 562 g/mol. The Hall–Kier alpha value is -2.34. The van der Waals surface area contributed by atoms with Crippen LogP contribution in [0.4, 0.5) is 4.39 Å². The Balaban J connectivity index is 1.75. The first kappa shape index (κ1) is 33.2. The summed E-state index contributed by atoms with van der Waals surface area (Å²) >= 11 is 0. The molecule has 2 fully saturated rings. The summed E-state index contributed by atoms with van der Waals surface area (Å²) in [5, 5.41) is 0. The number of carbonyl (C=O) groups excluding carboxylic acids is 2. The lowest BCUT2D eigenvalue weighted by Crippen LogP contribution is -2.39. The average molecular weight is 605 g/mol. The zero-order valence-corrected chi connectivity index (χ0v) is 25.1. The van der Waals surface area contributed by atoms with Crippen LogP contribution in [0.25, 0.3) is 0 Å². The van der Waals surface area contributed by atoms with Gasteiger partial charge in [0.1, 0.15) is 12.2 Å². The number of esters is 2. The fourth-order valence-electron chi connectivity index (χ4n) is 5.25. The van der Waals surface area contributed by atoms with E-state index in [0.717, 1.165) is 43.1 Å². The predicted octanol–water partition coefficient (Wildman–Crippen LogP) is 3.94. The second kappa shape index (κ2) is 15.2. The molecule has 1 saturated carbocycles. The topological polar surface area (TPSA) is 152 Å². The number of nitrogens with one attached hydrogen (secondary N) is 1. The zero-order chi connectivity index (χ0) is 30.2. The Morgan fingerprint density at radius 3 is 2.24 bits per heavy atom. The summed E-state index contributed by atoms with van der Waals surface area (Å²) in [7, 11) is -3.59. The van der Waals surface area contributed by atoms with E-state index >= 15 is 4.39 Å². The maximum Gasteiger partial charge on any atom is 0.331 e. The van der Waals surface area contributed by atoms with Gasteiger partial charge < -0.3 is 23.3 Å². The first-order valence-electron chi connectivity index (χ1n) is 14.4. The van der Waals surface area contributed by atoms with Crippen LogP contribution in [0.2, 0.25) is 0 Å². The summed E-state index contributed by atoms with van der Waals surface area (Å²) < 4.78 is 57.7. The number of hydrogen-bond acceptors (Lipinski definition) is 10. The molecule has 3 rings (SSSR count). The summed E-state index contributed by atoms with van der Waals surface area (Å²) in [6.45, 7) is 6.62. The molecule has 0 amide bonds. The predicted molar refractivity (Wildman–Crippen MR) is 146 cm³/mol. The highest BCUT2D eigenvalue weighted by Gasteiger charge is 2.52. The van der Waals surface area contributed by atoms with Crippen LogP contribution in [0.1, 0.15) is 83.9 Å². The van der Waals surface area contributed by atoms with Crippen molar-refractivity contribution in [1.29, 1.82) is 0 Å². The third-order valence-corrected chi connectivity index (χ3v) is 9.58. The lowest BCUT2D eigenvalue weighted by Gasteiger charge is -2.27. The Morgan fingerprint density at radius 2 is 1.66 bits per heavy atom. The molecule has 2 heterocycles. The maximum absolute atomic E-state index is 15.9. The Labute approximate surface area is 238 Å². The number of aryl methyl sites for hydroxylation is 1. The fraction of sp³-hybridized carbons (Fsp3) is 0.778. The number of aromatic nitrogens is 2. The lowest BCUT2D eigenvalue weighted by molar-refractivity contribution is -0.159. The maximum atomic E-state index is 15.9. The minimum Gasteiger partial charge on any atom is -0.462 e. The quantitative estimate of drug-likeness (QED) is 0.199. The van der Waals surface area contributed by atoms with Crippen molar-refractivity contribution in [3.05, 3.63) is 32.6 Å². The van der Waals surface area contributed by atoms with Gasteiger partial charge in [-0.2, -0.15) is 0 Å². The molecule has 2 aliphatic rings. The van der Waals surface area contributed by atoms with Crippen molar-refractivity contribution < 1.29 is 41.8 Å². The highest BCUT2D eigenvalue weighted by Crippen LogP contribution is 2.51. The van der Waals surface area contributed by atoms with Gasteiger partial charge >= 0.3 is 25.2 Å². The molecule has 232 valence electrons. The summed E-state index contributed by atoms with van der Waals surface area (Å²) in [5.74, 6) is -2.08. The Bertz CT molecular complexity index is 1190. The molecule has 0 radical (unpaired) electrons. The van der Waals surface area contributed by atoms with Crippen LogP contribution >= 0.6 is 7.60 Å². The van der Waals surface area contributed by atoms with E-state index in [4.69, 9.17) is 23.3 Å². The average Bonchev–Trinajstić information content (AvgIpc) is 3.05. The third kappa shape index (κ3) is 9.07. The van der Waals surface area contributed by atoms with Crippen LogP contribution in [0, 0.1) is 12.8 Å². The SMILES string of the molecule is CCOP(=O)(C[C@@H](C)[C@H]1O[C@@H](n2cc(C)c(=O)[nH]c2=O)[C@H](F)[C@@H]1OC(=O)CCC(=O)OC1CCCCCC1)OCC. The summed E-state index contributed by atoms with van der Waals surface area (Å²) in [5.41, 5.74) is -1.38. The van der Waals surface area contributed by atoms with Gasteiger partial charge in [0.25, 0.3) is 5.56 Å². The van der Waals surface area contributed by atoms with Crippen LogP contribution in [-0.4, -0.2) is 65.3 Å². The lowest BCUT2D eigenvalue weighted by atomic mass is 10.0. The van der Waals surface area contributed by atoms with Gasteiger partial charge in [0.2, 0.25) is 0 Å². The van der Waals surface area contributed by atoms with Gasteiger partial charge in [-0.05, 0) is 52.4 Å². The van der Waals surface area contributed by atoms with Gasteiger partial charge in [0.15, 0.2) is 18.5 Å². The largest absolute Gasteiger partial charge is 0.462 e. The van der Waals surface area contributed by atoms with Crippen molar-refractivity contribution in [1.82, 2.24) is 9.55 Å². The van der Waals surface area contributed by atoms with E-state index in [1.165, 1.54) is 13.1 Å². The minimum atomic E-state index is -3.59. The standard InChI is InChI=1S/C27H42FN2O10P/c1-5-36-41(35,37-6-2)16-18(4)23-24(22(28)26(40-23)30-15-17(3)25(33)29-27(30)34)39-21(32)14-13-20(31)38-19-11-9-7-8-10-12-19/h15,18-19,22-24,26H,5-14,16H2,1-4H3,(H,29,33,34)/t18-,22-,23-,24+,26-/m1/s1. The van der Waals surface area contributed by atoms with E-state index in [-0.39, 0.29) is 43.9 Å². The van der Waals surface area contributed by atoms with Crippen LogP contribution in [0.3, 0.4) is 0 Å². The van der Waals surface area contributed by atoms with E-state index < -0.39 is 61.3 Å². The number of nitrogens with zero attached hydrogens (tertiary/aromatic N) is 1. The molecule has 5 atom stereocenters. The molecule has 1 aliphatic carbocycles. The van der Waals surface area contributed by atoms with Crippen molar-refractivity contribution in [3.63, 3.8) is 0 Å². The van der Waals surface area contributed by atoms with Crippen LogP contribution < -0.4 is 11.2 Å². The van der Waals surface area contributed by atoms with E-state index in [0.29, 0.717) is 0 Å². The molecule has 0 bridgehead atoms. The molecule has 1 N–H and O–H groups in total. The second-order valence-electron chi connectivity index (χ2n) is 10.6. The first-order valence-corrected chi connectivity index (χ1v) is 16.1. The van der Waals surface area contributed by atoms with Crippen molar-refractivity contribution in [3.8, 4) is 0 Å². The van der Waals surface area contributed by atoms with Gasteiger partial charge in [-0.25, -0.2) is 9.18 Å². The number of ether oxygens (including phenoxy) is 3. The molecule has 1 aliphatic heterocycles. The van der Waals surface area contributed by atoms with Crippen LogP contribution in [0.5, 0.6) is 0 Å². The summed E-state index contributed by atoms with van der Waals surface area (Å²) in [6, 6.07) is 0. The Morgan fingerprint density at radius 1 is 1.07 bits per heavy atom.